The van der Waals surface area contributed by atoms with E-state index < -0.39 is 0 Å². The molecule has 0 saturated carbocycles. The van der Waals surface area contributed by atoms with Crippen molar-refractivity contribution in [2.45, 2.75) is 40.0 Å². The van der Waals surface area contributed by atoms with Crippen molar-refractivity contribution in [3.05, 3.63) is 34.8 Å². The Morgan fingerprint density at radius 2 is 2.00 bits per heavy atom. The van der Waals surface area contributed by atoms with Crippen LogP contribution in [0.5, 0.6) is 0 Å². The van der Waals surface area contributed by atoms with E-state index in [4.69, 9.17) is 0 Å². The number of hydrogen-bond acceptors (Lipinski definition) is 5. The number of hydrogen-bond donors (Lipinski definition) is 2. The Hall–Kier alpha value is -2.44. The van der Waals surface area contributed by atoms with Gasteiger partial charge in [0.05, 0.1) is 17.0 Å². The van der Waals surface area contributed by atoms with E-state index >= 15 is 0 Å². The molecule has 1 amide bonds. The third kappa shape index (κ3) is 3.65. The first-order chi connectivity index (χ1) is 11.8. The monoisotopic (exact) mass is 342 g/mol. The molecule has 2 N–H and O–H groups in total. The largest absolute Gasteiger partial charge is 0.354 e. The standard InChI is InChI=1S/C18H26N6O/c1-11-16(12(2)21-20-11)17(25)19-8-13-9-24(10-13)15-7-6-14(22-23-15)18(3,4)5/h6-7,13H,8-10H2,1-5H3,(H,19,25)(H,20,21). The van der Waals surface area contributed by atoms with Gasteiger partial charge in [0, 0.05) is 36.7 Å². The molecular weight excluding hydrogens is 316 g/mol. The maximum absolute atomic E-state index is 12.3. The summed E-state index contributed by atoms with van der Waals surface area (Å²) in [6.07, 6.45) is 0. The summed E-state index contributed by atoms with van der Waals surface area (Å²) in [6, 6.07) is 4.07. The van der Waals surface area contributed by atoms with Crippen LogP contribution in [0.3, 0.4) is 0 Å². The molecule has 25 heavy (non-hydrogen) atoms. The SMILES string of the molecule is Cc1n[nH]c(C)c1C(=O)NCC1CN(c2ccc(C(C)(C)C)nn2)C1. The summed E-state index contributed by atoms with van der Waals surface area (Å²) in [5.41, 5.74) is 3.20. The van der Waals surface area contributed by atoms with Crippen molar-refractivity contribution in [1.29, 1.82) is 0 Å². The Bertz CT molecular complexity index is 733. The molecule has 1 saturated heterocycles. The van der Waals surface area contributed by atoms with Crippen molar-refractivity contribution in [3.63, 3.8) is 0 Å². The fourth-order valence-electron chi connectivity index (χ4n) is 2.99. The average Bonchev–Trinajstić information content (AvgIpc) is 2.84. The van der Waals surface area contributed by atoms with Crippen molar-refractivity contribution in [1.82, 2.24) is 25.7 Å². The molecule has 7 heteroatoms. The lowest BCUT2D eigenvalue weighted by molar-refractivity contribution is 0.0943. The summed E-state index contributed by atoms with van der Waals surface area (Å²) in [5, 5.41) is 18.6. The van der Waals surface area contributed by atoms with Crippen LogP contribution >= 0.6 is 0 Å². The van der Waals surface area contributed by atoms with Crippen LogP contribution in [0, 0.1) is 19.8 Å². The molecule has 1 fully saturated rings. The molecule has 0 unspecified atom stereocenters. The van der Waals surface area contributed by atoms with Gasteiger partial charge in [-0.25, -0.2) is 0 Å². The van der Waals surface area contributed by atoms with E-state index in [2.05, 4.69) is 51.4 Å². The van der Waals surface area contributed by atoms with Gasteiger partial charge in [-0.2, -0.15) is 10.2 Å². The molecule has 3 heterocycles. The molecular formula is C18H26N6O. The first-order valence-electron chi connectivity index (χ1n) is 8.64. The third-order valence-electron chi connectivity index (χ3n) is 4.61. The number of aromatic amines is 1. The van der Waals surface area contributed by atoms with Crippen LogP contribution in [-0.2, 0) is 5.41 Å². The second-order valence-corrected chi connectivity index (χ2v) is 7.82. The molecule has 0 aromatic carbocycles. The number of carbonyl (C=O) groups is 1. The smallest absolute Gasteiger partial charge is 0.255 e. The van der Waals surface area contributed by atoms with E-state index in [0.717, 1.165) is 36.0 Å². The zero-order valence-corrected chi connectivity index (χ0v) is 15.6. The highest BCUT2D eigenvalue weighted by molar-refractivity contribution is 5.96. The van der Waals surface area contributed by atoms with Gasteiger partial charge in [-0.05, 0) is 26.0 Å². The summed E-state index contributed by atoms with van der Waals surface area (Å²) in [6.45, 7) is 12.5. The van der Waals surface area contributed by atoms with E-state index in [1.807, 2.05) is 26.0 Å². The van der Waals surface area contributed by atoms with Crippen LogP contribution in [-0.4, -0.2) is 45.9 Å². The van der Waals surface area contributed by atoms with Crippen LogP contribution < -0.4 is 10.2 Å². The maximum Gasteiger partial charge on any atom is 0.255 e. The number of aryl methyl sites for hydroxylation is 2. The molecule has 2 aromatic heterocycles. The van der Waals surface area contributed by atoms with Gasteiger partial charge in [-0.1, -0.05) is 20.8 Å². The summed E-state index contributed by atoms with van der Waals surface area (Å²) >= 11 is 0. The van der Waals surface area contributed by atoms with Gasteiger partial charge in [-0.15, -0.1) is 5.10 Å². The molecule has 0 aliphatic carbocycles. The molecule has 1 aliphatic heterocycles. The van der Waals surface area contributed by atoms with Gasteiger partial charge in [0.15, 0.2) is 5.82 Å². The summed E-state index contributed by atoms with van der Waals surface area (Å²) < 4.78 is 0. The Morgan fingerprint density at radius 1 is 1.28 bits per heavy atom. The van der Waals surface area contributed by atoms with Crippen molar-refractivity contribution in [2.24, 2.45) is 5.92 Å². The lowest BCUT2D eigenvalue weighted by atomic mass is 9.92. The van der Waals surface area contributed by atoms with Crippen LogP contribution in [0.4, 0.5) is 5.82 Å². The van der Waals surface area contributed by atoms with Crippen LogP contribution in [0.1, 0.15) is 48.2 Å². The molecule has 3 rings (SSSR count). The molecule has 0 radical (unpaired) electrons. The fraction of sp³-hybridized carbons (Fsp3) is 0.556. The van der Waals surface area contributed by atoms with E-state index in [1.165, 1.54) is 0 Å². The van der Waals surface area contributed by atoms with E-state index in [0.29, 0.717) is 18.0 Å². The van der Waals surface area contributed by atoms with Gasteiger partial charge in [0.1, 0.15) is 0 Å². The van der Waals surface area contributed by atoms with Crippen LogP contribution in [0.15, 0.2) is 12.1 Å². The molecule has 0 bridgehead atoms. The lowest BCUT2D eigenvalue weighted by Gasteiger charge is -2.40. The van der Waals surface area contributed by atoms with Gasteiger partial charge in [-0.3, -0.25) is 9.89 Å². The summed E-state index contributed by atoms with van der Waals surface area (Å²) in [7, 11) is 0. The van der Waals surface area contributed by atoms with Crippen molar-refractivity contribution in [2.75, 3.05) is 24.5 Å². The van der Waals surface area contributed by atoms with Crippen molar-refractivity contribution in [3.8, 4) is 0 Å². The van der Waals surface area contributed by atoms with Gasteiger partial charge < -0.3 is 10.2 Å². The van der Waals surface area contributed by atoms with Crippen LogP contribution in [0.2, 0.25) is 0 Å². The number of H-pyrrole nitrogens is 1. The Morgan fingerprint density at radius 3 is 2.52 bits per heavy atom. The Balaban J connectivity index is 1.49. The number of nitrogens with zero attached hydrogens (tertiary/aromatic N) is 4. The minimum absolute atomic E-state index is 0.0106. The first kappa shape index (κ1) is 17.4. The molecule has 134 valence electrons. The fourth-order valence-corrected chi connectivity index (χ4v) is 2.99. The highest BCUT2D eigenvalue weighted by Crippen LogP contribution is 2.24. The Kier molecular flexibility index (Phi) is 4.49. The van der Waals surface area contributed by atoms with E-state index in [1.54, 1.807) is 0 Å². The quantitative estimate of drug-likeness (QED) is 0.887. The van der Waals surface area contributed by atoms with Gasteiger partial charge >= 0.3 is 0 Å². The van der Waals surface area contributed by atoms with Crippen molar-refractivity contribution < 1.29 is 4.79 Å². The normalized spacial score (nSPS) is 15.2. The average molecular weight is 342 g/mol. The van der Waals surface area contributed by atoms with Crippen LogP contribution in [0.25, 0.3) is 0 Å². The minimum atomic E-state index is -0.0588. The predicted octanol–water partition coefficient (Wildman–Crippen LogP) is 1.98. The van der Waals surface area contributed by atoms with Gasteiger partial charge in [0.25, 0.3) is 5.91 Å². The van der Waals surface area contributed by atoms with Gasteiger partial charge in [0.2, 0.25) is 0 Å². The topological polar surface area (TPSA) is 86.8 Å². The highest BCUT2D eigenvalue weighted by atomic mass is 16.1. The summed E-state index contributed by atoms with van der Waals surface area (Å²) in [4.78, 5) is 14.5. The highest BCUT2D eigenvalue weighted by Gasteiger charge is 2.29. The Labute approximate surface area is 148 Å². The summed E-state index contributed by atoms with van der Waals surface area (Å²) in [5.74, 6) is 1.27. The minimum Gasteiger partial charge on any atom is -0.354 e. The molecule has 2 aromatic rings. The third-order valence-corrected chi connectivity index (χ3v) is 4.61. The molecule has 1 aliphatic rings. The predicted molar refractivity (Wildman–Crippen MR) is 96.8 cm³/mol. The number of amides is 1. The number of nitrogens with one attached hydrogen (secondary N) is 2. The van der Waals surface area contributed by atoms with Crippen molar-refractivity contribution >= 4 is 11.7 Å². The van der Waals surface area contributed by atoms with E-state index in [9.17, 15) is 4.79 Å². The zero-order chi connectivity index (χ0) is 18.2. The number of anilines is 1. The maximum atomic E-state index is 12.3. The molecule has 7 nitrogen and oxygen atoms in total. The second-order valence-electron chi connectivity index (χ2n) is 7.82. The lowest BCUT2D eigenvalue weighted by Crippen LogP contribution is -2.52. The first-order valence-corrected chi connectivity index (χ1v) is 8.64. The number of carbonyl (C=O) groups excluding carboxylic acids is 1. The number of rotatable bonds is 4. The molecule has 0 spiro atoms. The number of aromatic nitrogens is 4. The molecule has 0 atom stereocenters. The zero-order valence-electron chi connectivity index (χ0n) is 15.6. The second kappa shape index (κ2) is 6.46. The van der Waals surface area contributed by atoms with E-state index in [-0.39, 0.29) is 11.3 Å².